The summed E-state index contributed by atoms with van der Waals surface area (Å²) in [4.78, 5) is 59.6. The minimum absolute atomic E-state index is 0.0951. The minimum Gasteiger partial charge on any atom is -0.508 e. The van der Waals surface area contributed by atoms with E-state index in [0.29, 0.717) is 6.42 Å². The van der Waals surface area contributed by atoms with Crippen LogP contribution < -0.4 is 32.7 Å². The third-order valence-electron chi connectivity index (χ3n) is 4.74. The average molecular weight is 479 g/mol. The van der Waals surface area contributed by atoms with Crippen LogP contribution in [0.4, 0.5) is 0 Å². The summed E-state index contributed by atoms with van der Waals surface area (Å²) in [7, 11) is 0. The number of carbonyl (C=O) groups is 5. The number of nitrogens with one attached hydrogen (secondary N) is 4. The Balaban J connectivity index is 2.37. The number of carbonyl (C=O) groups excluding carboxylic acids is 5. The molecule has 0 aliphatic rings. The van der Waals surface area contributed by atoms with Crippen molar-refractivity contribution in [2.75, 3.05) is 13.1 Å². The molecule has 0 aliphatic carbocycles. The standard InChI is InChI=1S/C22H34N6O6/c1-12(2)8-17(20(24)32)28-19(31)11-25-18(30)10-26-21(33)13(3)27-22(34)16(23)9-14-4-6-15(29)7-5-14/h4-7,12-13,16-17,29H,8-11,23H2,1-3H3,(H2,24,32)(H,25,30)(H,26,33)(H,27,34)(H,28,31)/t13-,16+,17+/m1/s1. The summed E-state index contributed by atoms with van der Waals surface area (Å²) in [5, 5.41) is 18.9. The lowest BCUT2D eigenvalue weighted by molar-refractivity contribution is -0.131. The van der Waals surface area contributed by atoms with Gasteiger partial charge in [0, 0.05) is 0 Å². The van der Waals surface area contributed by atoms with Crippen molar-refractivity contribution in [1.29, 1.82) is 0 Å². The summed E-state index contributed by atoms with van der Waals surface area (Å²) in [5.74, 6) is -2.83. The molecule has 1 aromatic rings. The second-order valence-electron chi connectivity index (χ2n) is 8.35. The molecule has 9 N–H and O–H groups in total. The van der Waals surface area contributed by atoms with Gasteiger partial charge in [-0.05, 0) is 43.4 Å². The molecule has 0 radical (unpaired) electrons. The number of aromatic hydroxyl groups is 1. The first kappa shape index (κ1) is 28.4. The monoisotopic (exact) mass is 478 g/mol. The fraction of sp³-hybridized carbons (Fsp3) is 0.500. The third-order valence-corrected chi connectivity index (χ3v) is 4.74. The van der Waals surface area contributed by atoms with E-state index in [-0.39, 0.29) is 18.1 Å². The lowest BCUT2D eigenvalue weighted by atomic mass is 10.0. The van der Waals surface area contributed by atoms with Gasteiger partial charge in [-0.1, -0.05) is 26.0 Å². The van der Waals surface area contributed by atoms with Crippen LogP contribution in [0.5, 0.6) is 5.75 Å². The summed E-state index contributed by atoms with van der Waals surface area (Å²) >= 11 is 0. The Morgan fingerprint density at radius 2 is 1.47 bits per heavy atom. The second-order valence-corrected chi connectivity index (χ2v) is 8.35. The Kier molecular flexibility index (Phi) is 11.5. The van der Waals surface area contributed by atoms with E-state index in [2.05, 4.69) is 21.3 Å². The largest absolute Gasteiger partial charge is 0.508 e. The number of primary amides is 1. The smallest absolute Gasteiger partial charge is 0.242 e. The molecule has 0 heterocycles. The second kappa shape index (κ2) is 13.8. The molecule has 0 saturated carbocycles. The van der Waals surface area contributed by atoms with Crippen LogP contribution in [0.1, 0.15) is 32.8 Å². The minimum atomic E-state index is -0.957. The van der Waals surface area contributed by atoms with Crippen LogP contribution in [0.25, 0.3) is 0 Å². The highest BCUT2D eigenvalue weighted by atomic mass is 16.3. The predicted molar refractivity (Wildman–Crippen MR) is 124 cm³/mol. The van der Waals surface area contributed by atoms with Gasteiger partial charge in [0.15, 0.2) is 0 Å². The lowest BCUT2D eigenvalue weighted by Crippen LogP contribution is -2.52. The number of benzene rings is 1. The van der Waals surface area contributed by atoms with Gasteiger partial charge in [-0.25, -0.2) is 0 Å². The molecule has 0 spiro atoms. The lowest BCUT2D eigenvalue weighted by Gasteiger charge is -2.18. The fourth-order valence-corrected chi connectivity index (χ4v) is 2.89. The number of hydrogen-bond donors (Lipinski definition) is 7. The fourth-order valence-electron chi connectivity index (χ4n) is 2.89. The van der Waals surface area contributed by atoms with Gasteiger partial charge in [0.25, 0.3) is 0 Å². The Morgan fingerprint density at radius 3 is 2.03 bits per heavy atom. The van der Waals surface area contributed by atoms with Crippen molar-refractivity contribution in [3.8, 4) is 5.75 Å². The van der Waals surface area contributed by atoms with E-state index < -0.39 is 60.8 Å². The maximum atomic E-state index is 12.2. The number of amides is 5. The van der Waals surface area contributed by atoms with Crippen molar-refractivity contribution in [2.24, 2.45) is 17.4 Å². The number of rotatable bonds is 13. The van der Waals surface area contributed by atoms with Crippen molar-refractivity contribution in [3.05, 3.63) is 29.8 Å². The van der Waals surface area contributed by atoms with Crippen molar-refractivity contribution in [3.63, 3.8) is 0 Å². The molecule has 0 unspecified atom stereocenters. The molecule has 0 aliphatic heterocycles. The van der Waals surface area contributed by atoms with Gasteiger partial charge in [-0.15, -0.1) is 0 Å². The maximum Gasteiger partial charge on any atom is 0.242 e. The van der Waals surface area contributed by atoms with Gasteiger partial charge in [-0.2, -0.15) is 0 Å². The van der Waals surface area contributed by atoms with Crippen LogP contribution in [-0.2, 0) is 30.4 Å². The van der Waals surface area contributed by atoms with Crippen LogP contribution in [0.2, 0.25) is 0 Å². The predicted octanol–water partition coefficient (Wildman–Crippen LogP) is -1.98. The van der Waals surface area contributed by atoms with E-state index in [4.69, 9.17) is 11.5 Å². The van der Waals surface area contributed by atoms with Gasteiger partial charge >= 0.3 is 0 Å². The molecular formula is C22H34N6O6. The molecule has 1 aromatic carbocycles. The van der Waals surface area contributed by atoms with E-state index in [1.165, 1.54) is 19.1 Å². The van der Waals surface area contributed by atoms with E-state index in [1.807, 2.05) is 13.8 Å². The Hall–Kier alpha value is -3.67. The summed E-state index contributed by atoms with van der Waals surface area (Å²) in [6.45, 7) is 4.37. The highest BCUT2D eigenvalue weighted by Gasteiger charge is 2.22. The normalized spacial score (nSPS) is 13.3. The molecule has 0 saturated heterocycles. The highest BCUT2D eigenvalue weighted by molar-refractivity contribution is 5.93. The Bertz CT molecular complexity index is 873. The van der Waals surface area contributed by atoms with Crippen LogP contribution in [0.15, 0.2) is 24.3 Å². The zero-order valence-corrected chi connectivity index (χ0v) is 19.6. The summed E-state index contributed by atoms with van der Waals surface area (Å²) < 4.78 is 0. The molecule has 0 bridgehead atoms. The first-order valence-electron chi connectivity index (χ1n) is 10.9. The van der Waals surface area contributed by atoms with Crippen LogP contribution >= 0.6 is 0 Å². The molecule has 188 valence electrons. The maximum absolute atomic E-state index is 12.2. The Labute approximate surface area is 198 Å². The third kappa shape index (κ3) is 10.8. The van der Waals surface area contributed by atoms with Crippen LogP contribution in [0, 0.1) is 5.92 Å². The number of nitrogens with two attached hydrogens (primary N) is 2. The van der Waals surface area contributed by atoms with Gasteiger partial charge in [0.1, 0.15) is 17.8 Å². The van der Waals surface area contributed by atoms with Crippen LogP contribution in [-0.4, -0.2) is 65.9 Å². The first-order chi connectivity index (χ1) is 15.9. The quantitative estimate of drug-likeness (QED) is 0.170. The van der Waals surface area contributed by atoms with Gasteiger partial charge in [-0.3, -0.25) is 24.0 Å². The van der Waals surface area contributed by atoms with Gasteiger partial charge in [0.2, 0.25) is 29.5 Å². The zero-order chi connectivity index (χ0) is 25.8. The Morgan fingerprint density at radius 1 is 0.882 bits per heavy atom. The van der Waals surface area contributed by atoms with E-state index in [0.717, 1.165) is 5.56 Å². The molecule has 3 atom stereocenters. The molecule has 0 aromatic heterocycles. The van der Waals surface area contributed by atoms with Crippen LogP contribution in [0.3, 0.4) is 0 Å². The first-order valence-corrected chi connectivity index (χ1v) is 10.9. The van der Waals surface area contributed by atoms with E-state index in [9.17, 15) is 29.1 Å². The SMILES string of the molecule is CC(C)C[C@H](NC(=O)CNC(=O)CNC(=O)[C@@H](C)NC(=O)[C@@H](N)Cc1ccc(O)cc1)C(N)=O. The van der Waals surface area contributed by atoms with Crippen molar-refractivity contribution in [1.82, 2.24) is 21.3 Å². The summed E-state index contributed by atoms with van der Waals surface area (Å²) in [6, 6.07) is 3.52. The van der Waals surface area contributed by atoms with Crippen molar-refractivity contribution in [2.45, 2.75) is 51.7 Å². The molecule has 0 fully saturated rings. The van der Waals surface area contributed by atoms with Crippen molar-refractivity contribution >= 4 is 29.5 Å². The zero-order valence-electron chi connectivity index (χ0n) is 19.6. The average Bonchev–Trinajstić information content (AvgIpc) is 2.76. The van der Waals surface area contributed by atoms with E-state index in [1.54, 1.807) is 12.1 Å². The highest BCUT2D eigenvalue weighted by Crippen LogP contribution is 2.11. The van der Waals surface area contributed by atoms with E-state index >= 15 is 0 Å². The molecule has 12 heteroatoms. The molecule has 5 amide bonds. The molecule has 1 rings (SSSR count). The number of phenolic OH excluding ortho intramolecular Hbond substituents is 1. The molecular weight excluding hydrogens is 444 g/mol. The van der Waals surface area contributed by atoms with Crippen molar-refractivity contribution < 1.29 is 29.1 Å². The van der Waals surface area contributed by atoms with Gasteiger partial charge in [0.05, 0.1) is 19.1 Å². The molecule has 34 heavy (non-hydrogen) atoms. The topological polar surface area (TPSA) is 206 Å². The molecule has 12 nitrogen and oxygen atoms in total. The van der Waals surface area contributed by atoms with Gasteiger partial charge < -0.3 is 37.8 Å². The summed E-state index contributed by atoms with van der Waals surface area (Å²) in [5.41, 5.74) is 11.9. The number of hydrogen-bond acceptors (Lipinski definition) is 7. The summed E-state index contributed by atoms with van der Waals surface area (Å²) in [6.07, 6.45) is 0.575. The number of phenols is 1.